The lowest BCUT2D eigenvalue weighted by molar-refractivity contribution is 0.832. The maximum absolute atomic E-state index is 4.66. The number of nitrogens with one attached hydrogen (secondary N) is 1. The maximum atomic E-state index is 4.66. The Bertz CT molecular complexity index is 537. The molecule has 0 aromatic carbocycles. The quantitative estimate of drug-likeness (QED) is 0.892. The van der Waals surface area contributed by atoms with Crippen molar-refractivity contribution in [1.29, 1.82) is 0 Å². The van der Waals surface area contributed by atoms with Crippen molar-refractivity contribution in [3.8, 4) is 11.4 Å². The van der Waals surface area contributed by atoms with Gasteiger partial charge in [-0.15, -0.1) is 0 Å². The Balaban J connectivity index is 2.52. The third-order valence-electron chi connectivity index (χ3n) is 2.92. The van der Waals surface area contributed by atoms with Crippen LogP contribution in [0, 0.1) is 6.92 Å². The van der Waals surface area contributed by atoms with E-state index in [1.165, 1.54) is 0 Å². The van der Waals surface area contributed by atoms with Gasteiger partial charge in [-0.3, -0.25) is 4.98 Å². The molecule has 2 aromatic rings. The van der Waals surface area contributed by atoms with Gasteiger partial charge in [0.15, 0.2) is 0 Å². The molecular weight excluding hydrogens is 236 g/mol. The summed E-state index contributed by atoms with van der Waals surface area (Å²) in [6, 6.07) is 5.88. The molecule has 2 aromatic heterocycles. The first-order chi connectivity index (χ1) is 9.26. The van der Waals surface area contributed by atoms with Crippen molar-refractivity contribution >= 4 is 5.82 Å². The Morgan fingerprint density at radius 1 is 1.16 bits per heavy atom. The molecule has 0 aliphatic heterocycles. The lowest BCUT2D eigenvalue weighted by Crippen LogP contribution is -2.08. The van der Waals surface area contributed by atoms with Gasteiger partial charge in [0, 0.05) is 24.7 Å². The van der Waals surface area contributed by atoms with E-state index in [0.29, 0.717) is 0 Å². The maximum Gasteiger partial charge on any atom is 0.133 e. The molecular formula is C15H20N4. The summed E-state index contributed by atoms with van der Waals surface area (Å²) in [7, 11) is 0. The van der Waals surface area contributed by atoms with Crippen LogP contribution in [0.4, 0.5) is 5.82 Å². The normalized spacial score (nSPS) is 10.5. The van der Waals surface area contributed by atoms with Crippen LogP contribution >= 0.6 is 0 Å². The molecule has 100 valence electrons. The van der Waals surface area contributed by atoms with Gasteiger partial charge >= 0.3 is 0 Å². The van der Waals surface area contributed by atoms with Crippen LogP contribution in [0.5, 0.6) is 0 Å². The molecule has 0 atom stereocenters. The monoisotopic (exact) mass is 256 g/mol. The Morgan fingerprint density at radius 3 is 2.63 bits per heavy atom. The first-order valence-corrected chi connectivity index (χ1v) is 6.79. The predicted molar refractivity (Wildman–Crippen MR) is 78.2 cm³/mol. The van der Waals surface area contributed by atoms with Crippen molar-refractivity contribution in [3.63, 3.8) is 0 Å². The van der Waals surface area contributed by atoms with Gasteiger partial charge in [-0.25, -0.2) is 9.97 Å². The van der Waals surface area contributed by atoms with Gasteiger partial charge in [0.25, 0.3) is 0 Å². The predicted octanol–water partition coefficient (Wildman–Crippen LogP) is 3.23. The fraction of sp³-hybridized carbons (Fsp3) is 0.400. The smallest absolute Gasteiger partial charge is 0.133 e. The van der Waals surface area contributed by atoms with Crippen molar-refractivity contribution in [2.45, 2.75) is 33.6 Å². The van der Waals surface area contributed by atoms with Gasteiger partial charge in [-0.2, -0.15) is 0 Å². The molecule has 0 radical (unpaired) electrons. The molecule has 0 aliphatic rings. The van der Waals surface area contributed by atoms with Gasteiger partial charge in [-0.05, 0) is 32.4 Å². The molecule has 4 nitrogen and oxygen atoms in total. The van der Waals surface area contributed by atoms with Crippen LogP contribution in [-0.2, 0) is 6.42 Å². The Labute approximate surface area is 114 Å². The van der Waals surface area contributed by atoms with Crippen molar-refractivity contribution in [3.05, 3.63) is 35.8 Å². The van der Waals surface area contributed by atoms with Gasteiger partial charge in [0.2, 0.25) is 0 Å². The Hall–Kier alpha value is -1.97. The van der Waals surface area contributed by atoms with E-state index in [1.807, 2.05) is 25.1 Å². The summed E-state index contributed by atoms with van der Waals surface area (Å²) in [4.78, 5) is 13.6. The minimum Gasteiger partial charge on any atom is -0.370 e. The van der Waals surface area contributed by atoms with E-state index >= 15 is 0 Å². The van der Waals surface area contributed by atoms with E-state index in [-0.39, 0.29) is 0 Å². The number of aromatic nitrogens is 3. The van der Waals surface area contributed by atoms with Crippen LogP contribution < -0.4 is 5.32 Å². The lowest BCUT2D eigenvalue weighted by atomic mass is 10.1. The third kappa shape index (κ3) is 3.08. The van der Waals surface area contributed by atoms with Gasteiger partial charge in [0.1, 0.15) is 11.6 Å². The average Bonchev–Trinajstić information content (AvgIpc) is 2.44. The second kappa shape index (κ2) is 6.27. The summed E-state index contributed by atoms with van der Waals surface area (Å²) in [6.07, 6.45) is 3.72. The average molecular weight is 256 g/mol. The summed E-state index contributed by atoms with van der Waals surface area (Å²) < 4.78 is 0. The first-order valence-electron chi connectivity index (χ1n) is 6.79. The summed E-state index contributed by atoms with van der Waals surface area (Å²) in [5.41, 5.74) is 2.88. The van der Waals surface area contributed by atoms with Crippen molar-refractivity contribution < 1.29 is 0 Å². The highest BCUT2D eigenvalue weighted by atomic mass is 15.0. The van der Waals surface area contributed by atoms with Crippen LogP contribution in [0.3, 0.4) is 0 Å². The molecule has 0 unspecified atom stereocenters. The van der Waals surface area contributed by atoms with Crippen LogP contribution in [0.1, 0.15) is 31.7 Å². The standard InChI is InChI=1S/C15H20N4/c1-4-8-13-18-14(12-9-6-7-10-17-12)11(3)15(19-13)16-5-2/h6-7,9-10H,4-5,8H2,1-3H3,(H,16,18,19). The molecule has 0 bridgehead atoms. The number of aryl methyl sites for hydroxylation is 1. The SMILES string of the molecule is CCCc1nc(NCC)c(C)c(-c2ccccn2)n1. The number of pyridine rings is 1. The van der Waals surface area contributed by atoms with E-state index in [0.717, 1.165) is 48.0 Å². The number of hydrogen-bond acceptors (Lipinski definition) is 4. The molecule has 0 amide bonds. The summed E-state index contributed by atoms with van der Waals surface area (Å²) in [5, 5.41) is 3.31. The fourth-order valence-corrected chi connectivity index (χ4v) is 1.99. The molecule has 0 fully saturated rings. The molecule has 0 saturated carbocycles. The fourth-order valence-electron chi connectivity index (χ4n) is 1.99. The molecule has 19 heavy (non-hydrogen) atoms. The summed E-state index contributed by atoms with van der Waals surface area (Å²) in [5.74, 6) is 1.80. The first kappa shape index (κ1) is 13.5. The minimum atomic E-state index is 0.852. The van der Waals surface area contributed by atoms with Crippen LogP contribution in [0.2, 0.25) is 0 Å². The van der Waals surface area contributed by atoms with Gasteiger partial charge in [-0.1, -0.05) is 13.0 Å². The van der Waals surface area contributed by atoms with Crippen LogP contribution in [0.15, 0.2) is 24.4 Å². The molecule has 0 spiro atoms. The number of anilines is 1. The van der Waals surface area contributed by atoms with Crippen molar-refractivity contribution in [1.82, 2.24) is 15.0 Å². The third-order valence-corrected chi connectivity index (χ3v) is 2.92. The molecule has 0 saturated heterocycles. The number of rotatable bonds is 5. The minimum absolute atomic E-state index is 0.852. The van der Waals surface area contributed by atoms with E-state index in [4.69, 9.17) is 0 Å². The van der Waals surface area contributed by atoms with Crippen molar-refractivity contribution in [2.75, 3.05) is 11.9 Å². The second-order valence-corrected chi connectivity index (χ2v) is 4.46. The largest absolute Gasteiger partial charge is 0.370 e. The molecule has 2 heterocycles. The number of hydrogen-bond donors (Lipinski definition) is 1. The zero-order chi connectivity index (χ0) is 13.7. The van der Waals surface area contributed by atoms with Gasteiger partial charge in [0.05, 0.1) is 11.4 Å². The zero-order valence-electron chi connectivity index (χ0n) is 11.8. The van der Waals surface area contributed by atoms with Gasteiger partial charge < -0.3 is 5.32 Å². The summed E-state index contributed by atoms with van der Waals surface area (Å²) >= 11 is 0. The Morgan fingerprint density at radius 2 is 2.00 bits per heavy atom. The van der Waals surface area contributed by atoms with Crippen molar-refractivity contribution in [2.24, 2.45) is 0 Å². The zero-order valence-corrected chi connectivity index (χ0v) is 11.8. The molecule has 0 aliphatic carbocycles. The Kier molecular flexibility index (Phi) is 4.44. The summed E-state index contributed by atoms with van der Waals surface area (Å²) in [6.45, 7) is 7.10. The van der Waals surface area contributed by atoms with Crippen LogP contribution in [0.25, 0.3) is 11.4 Å². The van der Waals surface area contributed by atoms with E-state index < -0.39 is 0 Å². The highest BCUT2D eigenvalue weighted by Crippen LogP contribution is 2.24. The number of nitrogens with zero attached hydrogens (tertiary/aromatic N) is 3. The molecule has 2 rings (SSSR count). The topological polar surface area (TPSA) is 50.7 Å². The second-order valence-electron chi connectivity index (χ2n) is 4.46. The van der Waals surface area contributed by atoms with Crippen LogP contribution in [-0.4, -0.2) is 21.5 Å². The van der Waals surface area contributed by atoms with E-state index in [2.05, 4.69) is 34.1 Å². The lowest BCUT2D eigenvalue weighted by Gasteiger charge is -2.12. The van der Waals surface area contributed by atoms with E-state index in [1.54, 1.807) is 6.20 Å². The highest BCUT2D eigenvalue weighted by molar-refractivity contribution is 5.65. The molecule has 1 N–H and O–H groups in total. The van der Waals surface area contributed by atoms with E-state index in [9.17, 15) is 0 Å². The molecule has 4 heteroatoms. The highest BCUT2D eigenvalue weighted by Gasteiger charge is 2.12.